The average molecular weight is 438 g/mol. The average Bonchev–Trinajstić information content (AvgIpc) is 3.45. The Balaban J connectivity index is 1.49. The van der Waals surface area contributed by atoms with Crippen LogP contribution in [0.25, 0.3) is 0 Å². The van der Waals surface area contributed by atoms with Crippen molar-refractivity contribution < 1.29 is 9.53 Å². The molecule has 1 N–H and O–H groups in total. The molecule has 0 unspecified atom stereocenters. The van der Waals surface area contributed by atoms with E-state index in [9.17, 15) is 4.79 Å². The van der Waals surface area contributed by atoms with Gasteiger partial charge in [0.25, 0.3) is 0 Å². The van der Waals surface area contributed by atoms with Crippen molar-refractivity contribution >= 4 is 11.7 Å². The molecular weight excluding hydrogens is 402 g/mol. The van der Waals surface area contributed by atoms with Crippen LogP contribution in [0.15, 0.2) is 18.2 Å². The summed E-state index contributed by atoms with van der Waals surface area (Å²) in [5, 5.41) is 3.14. The lowest BCUT2D eigenvalue weighted by molar-refractivity contribution is -0.132. The molecule has 2 aliphatic rings. The summed E-state index contributed by atoms with van der Waals surface area (Å²) in [5.41, 5.74) is 4.91. The zero-order chi connectivity index (χ0) is 22.7. The Labute approximate surface area is 191 Å². The third kappa shape index (κ3) is 4.88. The van der Waals surface area contributed by atoms with Gasteiger partial charge < -0.3 is 19.9 Å². The van der Waals surface area contributed by atoms with E-state index in [-0.39, 0.29) is 11.9 Å². The number of ether oxygens (including phenoxy) is 1. The van der Waals surface area contributed by atoms with E-state index in [4.69, 9.17) is 14.7 Å². The molecule has 1 amide bonds. The molecular formula is C25H35N5O2. The molecule has 0 bridgehead atoms. The van der Waals surface area contributed by atoms with Gasteiger partial charge in [0.05, 0.1) is 18.8 Å². The molecule has 0 saturated carbocycles. The minimum absolute atomic E-state index is 0.0568. The Bertz CT molecular complexity index is 975. The van der Waals surface area contributed by atoms with Gasteiger partial charge in [0, 0.05) is 32.6 Å². The summed E-state index contributed by atoms with van der Waals surface area (Å²) >= 11 is 0. The summed E-state index contributed by atoms with van der Waals surface area (Å²) < 4.78 is 5.63. The predicted molar refractivity (Wildman–Crippen MR) is 126 cm³/mol. The number of amides is 1. The fourth-order valence-corrected chi connectivity index (χ4v) is 4.96. The summed E-state index contributed by atoms with van der Waals surface area (Å²) in [6, 6.07) is 6.34. The first-order valence-electron chi connectivity index (χ1n) is 11.7. The second-order valence-corrected chi connectivity index (χ2v) is 9.12. The number of aryl methyl sites for hydroxylation is 3. The lowest BCUT2D eigenvalue weighted by Gasteiger charge is -2.25. The van der Waals surface area contributed by atoms with Crippen LogP contribution in [0.2, 0.25) is 0 Å². The first-order chi connectivity index (χ1) is 15.5. The molecule has 1 fully saturated rings. The topological polar surface area (TPSA) is 70.6 Å². The maximum Gasteiger partial charge on any atom is 0.223 e. The number of carbonyl (C=O) groups is 1. The zero-order valence-corrected chi connectivity index (χ0v) is 19.8. The van der Waals surface area contributed by atoms with Gasteiger partial charge in [-0.25, -0.2) is 9.97 Å². The van der Waals surface area contributed by atoms with Crippen molar-refractivity contribution in [2.75, 3.05) is 40.1 Å². The van der Waals surface area contributed by atoms with Crippen LogP contribution < -0.4 is 10.1 Å². The van der Waals surface area contributed by atoms with Gasteiger partial charge in [-0.1, -0.05) is 6.07 Å². The quantitative estimate of drug-likeness (QED) is 0.683. The normalized spacial score (nSPS) is 17.7. The standard InChI is InChI=1S/C25H35N5O2/c1-26-23-15-20(16-29(2)3)27-25(28-23)21-9-6-12-30(21)24(31)11-10-19-13-17-7-5-8-18(17)14-22(19)32-4/h13-15,21H,5-12,16H2,1-4H3,(H,26,27,28)/t21-/m0/s1. The van der Waals surface area contributed by atoms with E-state index in [0.29, 0.717) is 12.8 Å². The monoisotopic (exact) mass is 437 g/mol. The second kappa shape index (κ2) is 9.86. The summed E-state index contributed by atoms with van der Waals surface area (Å²) in [6.45, 7) is 1.50. The summed E-state index contributed by atoms with van der Waals surface area (Å²) in [5.74, 6) is 2.63. The third-order valence-electron chi connectivity index (χ3n) is 6.51. The van der Waals surface area contributed by atoms with Gasteiger partial charge in [-0.05, 0) is 75.4 Å². The molecule has 1 aromatic heterocycles. The number of rotatable bonds is 8. The first-order valence-corrected chi connectivity index (χ1v) is 11.7. The van der Waals surface area contributed by atoms with Crippen LogP contribution in [0.1, 0.15) is 59.9 Å². The fourth-order valence-electron chi connectivity index (χ4n) is 4.96. The second-order valence-electron chi connectivity index (χ2n) is 9.12. The van der Waals surface area contributed by atoms with Gasteiger partial charge in [-0.15, -0.1) is 0 Å². The highest BCUT2D eigenvalue weighted by Crippen LogP contribution is 2.33. The minimum atomic E-state index is -0.0568. The maximum absolute atomic E-state index is 13.3. The van der Waals surface area contributed by atoms with E-state index in [2.05, 4.69) is 22.3 Å². The molecule has 1 aromatic carbocycles. The van der Waals surface area contributed by atoms with E-state index in [0.717, 1.165) is 67.4 Å². The summed E-state index contributed by atoms with van der Waals surface area (Å²) in [7, 11) is 7.64. The van der Waals surface area contributed by atoms with E-state index >= 15 is 0 Å². The molecule has 2 heterocycles. The summed E-state index contributed by atoms with van der Waals surface area (Å²) in [6.07, 6.45) is 6.52. The number of aromatic nitrogens is 2. The Morgan fingerprint density at radius 1 is 1.19 bits per heavy atom. The number of hydrogen-bond donors (Lipinski definition) is 1. The molecule has 0 radical (unpaired) electrons. The summed E-state index contributed by atoms with van der Waals surface area (Å²) in [4.78, 5) is 26.8. The van der Waals surface area contributed by atoms with Crippen LogP contribution >= 0.6 is 0 Å². The van der Waals surface area contributed by atoms with Gasteiger partial charge >= 0.3 is 0 Å². The number of fused-ring (bicyclic) bond motifs is 1. The van der Waals surface area contributed by atoms with E-state index in [1.807, 2.05) is 32.1 Å². The number of likely N-dealkylation sites (tertiary alicyclic amines) is 1. The van der Waals surface area contributed by atoms with Gasteiger partial charge in [-0.3, -0.25) is 4.79 Å². The number of benzene rings is 1. The van der Waals surface area contributed by atoms with Crippen molar-refractivity contribution in [1.82, 2.24) is 19.8 Å². The van der Waals surface area contributed by atoms with Crippen LogP contribution in [0.5, 0.6) is 5.75 Å². The van der Waals surface area contributed by atoms with Crippen molar-refractivity contribution in [3.8, 4) is 5.75 Å². The van der Waals surface area contributed by atoms with Crippen LogP contribution in [0, 0.1) is 0 Å². The Morgan fingerprint density at radius 3 is 2.69 bits per heavy atom. The number of nitrogens with zero attached hydrogens (tertiary/aromatic N) is 4. The molecule has 172 valence electrons. The molecule has 7 heteroatoms. The van der Waals surface area contributed by atoms with Crippen molar-refractivity contribution in [1.29, 1.82) is 0 Å². The van der Waals surface area contributed by atoms with Crippen LogP contribution in [0.4, 0.5) is 5.82 Å². The van der Waals surface area contributed by atoms with Gasteiger partial charge in [0.1, 0.15) is 11.6 Å². The van der Waals surface area contributed by atoms with Crippen molar-refractivity contribution in [2.24, 2.45) is 0 Å². The van der Waals surface area contributed by atoms with E-state index < -0.39 is 0 Å². The highest BCUT2D eigenvalue weighted by Gasteiger charge is 2.32. The van der Waals surface area contributed by atoms with Crippen LogP contribution in [-0.2, 0) is 30.6 Å². The van der Waals surface area contributed by atoms with Gasteiger partial charge in [0.15, 0.2) is 5.82 Å². The smallest absolute Gasteiger partial charge is 0.223 e. The lowest BCUT2D eigenvalue weighted by atomic mass is 10.0. The Hall–Kier alpha value is -2.67. The number of methoxy groups -OCH3 is 1. The van der Waals surface area contributed by atoms with E-state index in [1.54, 1.807) is 7.11 Å². The fraction of sp³-hybridized carbons (Fsp3) is 0.560. The SMILES string of the molecule is CNc1cc(CN(C)C)nc([C@@H]2CCCN2C(=O)CCc2cc3c(cc2OC)CCC3)n1. The van der Waals surface area contributed by atoms with Crippen molar-refractivity contribution in [2.45, 2.75) is 57.5 Å². The molecule has 4 rings (SSSR count). The molecule has 7 nitrogen and oxygen atoms in total. The molecule has 1 saturated heterocycles. The largest absolute Gasteiger partial charge is 0.496 e. The highest BCUT2D eigenvalue weighted by molar-refractivity contribution is 5.77. The molecule has 32 heavy (non-hydrogen) atoms. The number of anilines is 1. The molecule has 1 aliphatic heterocycles. The van der Waals surface area contributed by atoms with Gasteiger partial charge in [-0.2, -0.15) is 0 Å². The first kappa shape index (κ1) is 22.5. The minimum Gasteiger partial charge on any atom is -0.496 e. The van der Waals surface area contributed by atoms with Crippen molar-refractivity contribution in [3.05, 3.63) is 46.4 Å². The van der Waals surface area contributed by atoms with Crippen molar-refractivity contribution in [3.63, 3.8) is 0 Å². The highest BCUT2D eigenvalue weighted by atomic mass is 16.5. The lowest BCUT2D eigenvalue weighted by Crippen LogP contribution is -2.32. The Morgan fingerprint density at radius 2 is 1.97 bits per heavy atom. The predicted octanol–water partition coefficient (Wildman–Crippen LogP) is 3.37. The molecule has 1 aliphatic carbocycles. The number of carbonyl (C=O) groups excluding carboxylic acids is 1. The molecule has 1 atom stereocenters. The maximum atomic E-state index is 13.3. The van der Waals surface area contributed by atoms with Crippen LogP contribution in [-0.4, -0.2) is 60.5 Å². The third-order valence-corrected chi connectivity index (χ3v) is 6.51. The van der Waals surface area contributed by atoms with E-state index in [1.165, 1.54) is 17.5 Å². The van der Waals surface area contributed by atoms with Gasteiger partial charge in [0.2, 0.25) is 5.91 Å². The zero-order valence-electron chi connectivity index (χ0n) is 19.8. The van der Waals surface area contributed by atoms with Crippen LogP contribution in [0.3, 0.4) is 0 Å². The molecule has 2 aromatic rings. The Kier molecular flexibility index (Phi) is 6.94. The molecule has 0 spiro atoms. The number of hydrogen-bond acceptors (Lipinski definition) is 6. The number of nitrogens with one attached hydrogen (secondary N) is 1.